The fraction of sp³-hybridized carbons (Fsp3) is 0.206. The fourth-order valence-corrected chi connectivity index (χ4v) is 3.90. The first-order valence-electron chi connectivity index (χ1n) is 13.7. The average Bonchev–Trinajstić information content (AvgIpc) is 3.02. The molecule has 0 aliphatic carbocycles. The van der Waals surface area contributed by atoms with E-state index >= 15 is 0 Å². The highest BCUT2D eigenvalue weighted by molar-refractivity contribution is 5.92. The van der Waals surface area contributed by atoms with Gasteiger partial charge in [0.25, 0.3) is 5.91 Å². The summed E-state index contributed by atoms with van der Waals surface area (Å²) in [5.41, 5.74) is 5.66. The summed E-state index contributed by atoms with van der Waals surface area (Å²) >= 11 is 0. The lowest BCUT2D eigenvalue weighted by molar-refractivity contribution is -0.127. The molecule has 0 saturated heterocycles. The maximum Gasteiger partial charge on any atom is 0.343 e. The lowest BCUT2D eigenvalue weighted by Crippen LogP contribution is -2.33. The van der Waals surface area contributed by atoms with Gasteiger partial charge >= 0.3 is 5.97 Å². The molecular formula is C34H34N2O6. The molecule has 8 nitrogen and oxygen atoms in total. The van der Waals surface area contributed by atoms with Crippen LogP contribution in [0.2, 0.25) is 0 Å². The maximum absolute atomic E-state index is 12.7. The Morgan fingerprint density at radius 3 is 2.24 bits per heavy atom. The van der Waals surface area contributed by atoms with Crippen molar-refractivity contribution in [3.63, 3.8) is 0 Å². The van der Waals surface area contributed by atoms with Gasteiger partial charge < -0.3 is 18.9 Å². The van der Waals surface area contributed by atoms with E-state index in [4.69, 9.17) is 18.9 Å². The van der Waals surface area contributed by atoms with Crippen molar-refractivity contribution in [2.75, 3.05) is 13.7 Å². The largest absolute Gasteiger partial charge is 0.494 e. The van der Waals surface area contributed by atoms with E-state index in [1.54, 1.807) is 49.4 Å². The number of nitrogens with zero attached hydrogens (tertiary/aromatic N) is 1. The second-order valence-corrected chi connectivity index (χ2v) is 9.41. The summed E-state index contributed by atoms with van der Waals surface area (Å²) in [6, 6.07) is 29.3. The SMILES string of the molecule is CCCCOc1ccc(C(=O)Oc2ccc(C=NNC(=O)C(C)Oc3ccc(-c4ccccc4)cc3)cc2OC)cc1. The van der Waals surface area contributed by atoms with Crippen LogP contribution < -0.4 is 24.4 Å². The van der Waals surface area contributed by atoms with E-state index < -0.39 is 18.0 Å². The van der Waals surface area contributed by atoms with Crippen LogP contribution >= 0.6 is 0 Å². The number of rotatable bonds is 13. The molecule has 0 fully saturated rings. The number of esters is 1. The van der Waals surface area contributed by atoms with Crippen LogP contribution in [0, 0.1) is 0 Å². The Morgan fingerprint density at radius 2 is 1.55 bits per heavy atom. The highest BCUT2D eigenvalue weighted by Gasteiger charge is 2.15. The molecule has 4 rings (SSSR count). The molecule has 0 saturated carbocycles. The average molecular weight is 567 g/mol. The molecule has 4 aromatic carbocycles. The Kier molecular flexibility index (Phi) is 10.7. The Labute approximate surface area is 245 Å². The van der Waals surface area contributed by atoms with Crippen LogP contribution in [-0.2, 0) is 4.79 Å². The standard InChI is InChI=1S/C34H34N2O6/c1-4-5-21-40-29-16-14-28(15-17-29)34(38)42-31-20-11-25(22-32(31)39-3)23-35-36-33(37)24(2)41-30-18-12-27(13-19-30)26-9-7-6-8-10-26/h6-20,22-24H,4-5,21H2,1-3H3,(H,36,37). The second kappa shape index (κ2) is 15.0. The molecule has 0 bridgehead atoms. The zero-order valence-electron chi connectivity index (χ0n) is 23.9. The number of nitrogens with one attached hydrogen (secondary N) is 1. The van der Waals surface area contributed by atoms with Crippen LogP contribution in [0.1, 0.15) is 42.6 Å². The van der Waals surface area contributed by atoms with E-state index in [0.29, 0.717) is 35.0 Å². The number of methoxy groups -OCH3 is 1. The molecule has 1 N–H and O–H groups in total. The molecule has 1 unspecified atom stereocenters. The highest BCUT2D eigenvalue weighted by atomic mass is 16.6. The van der Waals surface area contributed by atoms with Gasteiger partial charge in [0, 0.05) is 0 Å². The zero-order valence-corrected chi connectivity index (χ0v) is 23.9. The number of carbonyl (C=O) groups is 2. The normalized spacial score (nSPS) is 11.5. The molecular weight excluding hydrogens is 532 g/mol. The van der Waals surface area contributed by atoms with Crippen LogP contribution in [0.25, 0.3) is 11.1 Å². The summed E-state index contributed by atoms with van der Waals surface area (Å²) < 4.78 is 22.3. The smallest absolute Gasteiger partial charge is 0.343 e. The minimum atomic E-state index is -0.766. The number of amides is 1. The minimum absolute atomic E-state index is 0.257. The van der Waals surface area contributed by atoms with Crippen LogP contribution in [0.5, 0.6) is 23.0 Å². The molecule has 1 atom stereocenters. The van der Waals surface area contributed by atoms with Crippen molar-refractivity contribution in [2.24, 2.45) is 5.10 Å². The van der Waals surface area contributed by atoms with Crippen LogP contribution in [0.3, 0.4) is 0 Å². The molecule has 0 aliphatic heterocycles. The number of hydrogen-bond acceptors (Lipinski definition) is 7. The first-order chi connectivity index (χ1) is 20.5. The molecule has 0 heterocycles. The van der Waals surface area contributed by atoms with Gasteiger partial charge in [-0.15, -0.1) is 0 Å². The number of hydrogen-bond donors (Lipinski definition) is 1. The van der Waals surface area contributed by atoms with Gasteiger partial charge in [0.15, 0.2) is 17.6 Å². The van der Waals surface area contributed by atoms with Crippen LogP contribution in [0.15, 0.2) is 102 Å². The predicted octanol–water partition coefficient (Wildman–Crippen LogP) is 6.68. The summed E-state index contributed by atoms with van der Waals surface area (Å²) in [7, 11) is 1.48. The van der Waals surface area contributed by atoms with Crippen molar-refractivity contribution in [2.45, 2.75) is 32.8 Å². The number of benzene rings is 4. The molecule has 1 amide bonds. The lowest BCUT2D eigenvalue weighted by atomic mass is 10.1. The van der Waals surface area contributed by atoms with Gasteiger partial charge in [0.05, 0.1) is 25.5 Å². The Morgan fingerprint density at radius 1 is 0.857 bits per heavy atom. The van der Waals surface area contributed by atoms with Crippen LogP contribution in [-0.4, -0.2) is 37.9 Å². The number of hydrazone groups is 1. The van der Waals surface area contributed by atoms with E-state index in [-0.39, 0.29) is 5.75 Å². The van der Waals surface area contributed by atoms with Crippen molar-refractivity contribution in [3.05, 3.63) is 108 Å². The third-order valence-electron chi connectivity index (χ3n) is 6.28. The monoisotopic (exact) mass is 566 g/mol. The number of ether oxygens (including phenoxy) is 4. The number of unbranched alkanes of at least 4 members (excludes halogenated alkanes) is 1. The summed E-state index contributed by atoms with van der Waals surface area (Å²) in [4.78, 5) is 25.2. The van der Waals surface area contributed by atoms with Gasteiger partial charge in [-0.05, 0) is 84.6 Å². The first kappa shape index (κ1) is 29.9. The molecule has 8 heteroatoms. The van der Waals surface area contributed by atoms with Gasteiger partial charge in [-0.2, -0.15) is 5.10 Å². The molecule has 4 aromatic rings. The maximum atomic E-state index is 12.7. The molecule has 0 radical (unpaired) electrons. The molecule has 0 spiro atoms. The van der Waals surface area contributed by atoms with Crippen molar-refractivity contribution < 1.29 is 28.5 Å². The Hall–Kier alpha value is -5.11. The summed E-state index contributed by atoms with van der Waals surface area (Å²) in [6.07, 6.45) is 2.71. The summed E-state index contributed by atoms with van der Waals surface area (Å²) in [5, 5.41) is 4.03. The second-order valence-electron chi connectivity index (χ2n) is 9.41. The van der Waals surface area contributed by atoms with Gasteiger partial charge in [-0.25, -0.2) is 10.2 Å². The van der Waals surface area contributed by atoms with Crippen molar-refractivity contribution in [1.29, 1.82) is 0 Å². The van der Waals surface area contributed by atoms with E-state index in [9.17, 15) is 9.59 Å². The first-order valence-corrected chi connectivity index (χ1v) is 13.7. The van der Waals surface area contributed by atoms with E-state index in [0.717, 1.165) is 24.0 Å². The van der Waals surface area contributed by atoms with Gasteiger partial charge in [0.2, 0.25) is 0 Å². The quantitative estimate of drug-likeness (QED) is 0.0638. The van der Waals surface area contributed by atoms with Crippen LogP contribution in [0.4, 0.5) is 0 Å². The molecule has 0 aromatic heterocycles. The third kappa shape index (κ3) is 8.44. The van der Waals surface area contributed by atoms with Gasteiger partial charge in [0.1, 0.15) is 11.5 Å². The molecule has 42 heavy (non-hydrogen) atoms. The molecule has 216 valence electrons. The Bertz CT molecular complexity index is 1490. The third-order valence-corrected chi connectivity index (χ3v) is 6.28. The topological polar surface area (TPSA) is 95.5 Å². The minimum Gasteiger partial charge on any atom is -0.494 e. The lowest BCUT2D eigenvalue weighted by Gasteiger charge is -2.13. The van der Waals surface area contributed by atoms with Gasteiger partial charge in [-0.3, -0.25) is 4.79 Å². The summed E-state index contributed by atoms with van der Waals surface area (Å²) in [6.45, 7) is 4.38. The van der Waals surface area contributed by atoms with Crippen molar-refractivity contribution in [1.82, 2.24) is 5.43 Å². The Balaban J connectivity index is 1.29. The zero-order chi connectivity index (χ0) is 29.7. The summed E-state index contributed by atoms with van der Waals surface area (Å²) in [5.74, 6) is 0.948. The van der Waals surface area contributed by atoms with Crippen molar-refractivity contribution in [3.8, 4) is 34.1 Å². The van der Waals surface area contributed by atoms with E-state index in [1.165, 1.54) is 13.3 Å². The van der Waals surface area contributed by atoms with E-state index in [1.807, 2.05) is 54.6 Å². The van der Waals surface area contributed by atoms with E-state index in [2.05, 4.69) is 17.5 Å². The highest BCUT2D eigenvalue weighted by Crippen LogP contribution is 2.29. The predicted molar refractivity (Wildman–Crippen MR) is 163 cm³/mol. The number of carbonyl (C=O) groups excluding carboxylic acids is 2. The van der Waals surface area contributed by atoms with Crippen molar-refractivity contribution >= 4 is 18.1 Å². The fourth-order valence-electron chi connectivity index (χ4n) is 3.90. The van der Waals surface area contributed by atoms with Gasteiger partial charge in [-0.1, -0.05) is 55.8 Å². The molecule has 0 aliphatic rings.